The van der Waals surface area contributed by atoms with Crippen molar-refractivity contribution >= 4 is 68.6 Å². The highest BCUT2D eigenvalue weighted by molar-refractivity contribution is 14.1. The average Bonchev–Trinajstić information content (AvgIpc) is 3.11. The van der Waals surface area contributed by atoms with Gasteiger partial charge in [-0.25, -0.2) is 0 Å². The van der Waals surface area contributed by atoms with E-state index in [-0.39, 0.29) is 12.5 Å². The fraction of sp³-hybridized carbons (Fsp3) is 0.115. The number of amides is 1. The van der Waals surface area contributed by atoms with Crippen LogP contribution in [0.5, 0.6) is 11.5 Å². The molecule has 0 saturated carbocycles. The second-order valence-electron chi connectivity index (χ2n) is 7.44. The highest BCUT2D eigenvalue weighted by Gasteiger charge is 2.33. The van der Waals surface area contributed by atoms with Crippen molar-refractivity contribution < 1.29 is 14.3 Å². The molecule has 1 saturated heterocycles. The highest BCUT2D eigenvalue weighted by Crippen LogP contribution is 2.39. The molecule has 5 nitrogen and oxygen atoms in total. The minimum Gasteiger partial charge on any atom is -0.493 e. The van der Waals surface area contributed by atoms with Crippen LogP contribution in [0.4, 0.5) is 5.69 Å². The number of nitrogens with zero attached hydrogens (tertiary/aromatic N) is 2. The summed E-state index contributed by atoms with van der Waals surface area (Å²) >= 11 is 8.94. The van der Waals surface area contributed by atoms with Crippen LogP contribution in [0.2, 0.25) is 0 Å². The zero-order chi connectivity index (χ0) is 24.2. The summed E-state index contributed by atoms with van der Waals surface area (Å²) < 4.78 is 12.9. The van der Waals surface area contributed by atoms with Gasteiger partial charge in [-0.3, -0.25) is 9.69 Å². The van der Waals surface area contributed by atoms with Crippen LogP contribution in [0.3, 0.4) is 0 Å². The fourth-order valence-electron chi connectivity index (χ4n) is 3.40. The van der Waals surface area contributed by atoms with E-state index in [0.717, 1.165) is 25.9 Å². The average molecular weight is 598 g/mol. The molecule has 0 atom stereocenters. The zero-order valence-corrected chi connectivity index (χ0v) is 22.2. The number of hydrogen-bond donors (Lipinski definition) is 0. The summed E-state index contributed by atoms with van der Waals surface area (Å²) in [5, 5.41) is 9.31. The number of halogens is 1. The highest BCUT2D eigenvalue weighted by atomic mass is 127. The Morgan fingerprint density at radius 1 is 1.18 bits per heavy atom. The van der Waals surface area contributed by atoms with E-state index in [1.165, 1.54) is 11.8 Å². The van der Waals surface area contributed by atoms with Gasteiger partial charge in [0, 0.05) is 5.56 Å². The standard InChI is InChI=1S/C26H19IN2O3S2/c1-16-7-9-20(10-8-16)29-25(30)23(34-26(29)33)13-17-11-21(27)24(22(12-17)31-2)32-15-19-6-4-3-5-18(19)14-28/h3-13H,15H2,1-2H3/b23-13-. The summed E-state index contributed by atoms with van der Waals surface area (Å²) in [6, 6.07) is 21.0. The van der Waals surface area contributed by atoms with Gasteiger partial charge < -0.3 is 9.47 Å². The Morgan fingerprint density at radius 3 is 2.62 bits per heavy atom. The zero-order valence-electron chi connectivity index (χ0n) is 18.4. The Balaban J connectivity index is 1.59. The molecule has 3 aromatic rings. The molecule has 0 aliphatic carbocycles. The molecule has 3 aromatic carbocycles. The van der Waals surface area contributed by atoms with E-state index in [2.05, 4.69) is 28.7 Å². The lowest BCUT2D eigenvalue weighted by molar-refractivity contribution is -0.113. The van der Waals surface area contributed by atoms with Crippen molar-refractivity contribution in [3.05, 3.63) is 91.4 Å². The topological polar surface area (TPSA) is 62.6 Å². The van der Waals surface area contributed by atoms with Crippen LogP contribution in [-0.4, -0.2) is 17.3 Å². The van der Waals surface area contributed by atoms with Crippen molar-refractivity contribution in [2.24, 2.45) is 0 Å². The molecular formula is C26H19IN2O3S2. The number of benzene rings is 3. The van der Waals surface area contributed by atoms with Gasteiger partial charge in [-0.2, -0.15) is 5.26 Å². The van der Waals surface area contributed by atoms with Gasteiger partial charge in [0.1, 0.15) is 6.61 Å². The van der Waals surface area contributed by atoms with Gasteiger partial charge in [-0.05, 0) is 71.5 Å². The first-order valence-electron chi connectivity index (χ1n) is 10.2. The molecule has 34 heavy (non-hydrogen) atoms. The summed E-state index contributed by atoms with van der Waals surface area (Å²) in [7, 11) is 1.57. The normalized spacial score (nSPS) is 14.4. The Bertz CT molecular complexity index is 1350. The lowest BCUT2D eigenvalue weighted by atomic mass is 10.1. The Kier molecular flexibility index (Phi) is 7.56. The van der Waals surface area contributed by atoms with Crippen molar-refractivity contribution in [1.29, 1.82) is 5.26 Å². The summed E-state index contributed by atoms with van der Waals surface area (Å²) in [5.74, 6) is 0.975. The molecule has 1 amide bonds. The van der Waals surface area contributed by atoms with Gasteiger partial charge >= 0.3 is 0 Å². The van der Waals surface area contributed by atoms with Crippen LogP contribution in [0.25, 0.3) is 6.08 Å². The van der Waals surface area contributed by atoms with Gasteiger partial charge in [0.15, 0.2) is 15.8 Å². The van der Waals surface area contributed by atoms with Crippen molar-refractivity contribution in [2.75, 3.05) is 12.0 Å². The van der Waals surface area contributed by atoms with E-state index in [1.807, 2.05) is 67.6 Å². The Labute approximate surface area is 221 Å². The molecule has 4 rings (SSSR count). The smallest absolute Gasteiger partial charge is 0.270 e. The SMILES string of the molecule is COc1cc(/C=C2\SC(=S)N(c3ccc(C)cc3)C2=O)cc(I)c1OCc1ccccc1C#N. The van der Waals surface area contributed by atoms with Gasteiger partial charge in [0.05, 0.1) is 32.9 Å². The van der Waals surface area contributed by atoms with Gasteiger partial charge in [0.25, 0.3) is 5.91 Å². The summed E-state index contributed by atoms with van der Waals surface area (Å²) in [6.07, 6.45) is 1.81. The Hall–Kier alpha value is -2.87. The monoisotopic (exact) mass is 598 g/mol. The van der Waals surface area contributed by atoms with Crippen molar-refractivity contribution in [2.45, 2.75) is 13.5 Å². The first kappa shape index (κ1) is 24.3. The second-order valence-corrected chi connectivity index (χ2v) is 10.3. The predicted octanol–water partition coefficient (Wildman–Crippen LogP) is 6.46. The van der Waals surface area contributed by atoms with Gasteiger partial charge in [0.2, 0.25) is 0 Å². The minimum absolute atomic E-state index is 0.152. The molecule has 1 fully saturated rings. The van der Waals surface area contributed by atoms with Crippen LogP contribution in [0.1, 0.15) is 22.3 Å². The third-order valence-electron chi connectivity index (χ3n) is 5.15. The number of aryl methyl sites for hydroxylation is 1. The number of thioether (sulfide) groups is 1. The number of thiocarbonyl (C=S) groups is 1. The van der Waals surface area contributed by atoms with Gasteiger partial charge in [-0.15, -0.1) is 0 Å². The first-order valence-corrected chi connectivity index (χ1v) is 12.5. The molecule has 0 bridgehead atoms. The van der Waals surface area contributed by atoms with Crippen LogP contribution in [0.15, 0.2) is 65.6 Å². The third kappa shape index (κ3) is 5.12. The van der Waals surface area contributed by atoms with Crippen molar-refractivity contribution in [3.63, 3.8) is 0 Å². The first-order chi connectivity index (χ1) is 16.4. The summed E-state index contributed by atoms with van der Waals surface area (Å²) in [5.41, 5.74) is 4.04. The van der Waals surface area contributed by atoms with E-state index in [4.69, 9.17) is 21.7 Å². The van der Waals surface area contributed by atoms with E-state index < -0.39 is 0 Å². The fourth-order valence-corrected chi connectivity index (χ4v) is 5.48. The number of methoxy groups -OCH3 is 1. The van der Waals surface area contributed by atoms with Crippen molar-refractivity contribution in [3.8, 4) is 17.6 Å². The van der Waals surface area contributed by atoms with Gasteiger partial charge in [-0.1, -0.05) is 59.9 Å². The lowest BCUT2D eigenvalue weighted by Crippen LogP contribution is -2.27. The molecule has 0 radical (unpaired) electrons. The molecule has 170 valence electrons. The number of carbonyl (C=O) groups excluding carboxylic acids is 1. The largest absolute Gasteiger partial charge is 0.493 e. The molecule has 0 aromatic heterocycles. The number of anilines is 1. The molecular weight excluding hydrogens is 579 g/mol. The van der Waals surface area contributed by atoms with E-state index >= 15 is 0 Å². The van der Waals surface area contributed by atoms with Crippen LogP contribution < -0.4 is 14.4 Å². The summed E-state index contributed by atoms with van der Waals surface area (Å²) in [4.78, 5) is 15.2. The van der Waals surface area contributed by atoms with E-state index in [9.17, 15) is 10.1 Å². The number of ether oxygens (including phenoxy) is 2. The number of nitriles is 1. The van der Waals surface area contributed by atoms with Crippen LogP contribution in [-0.2, 0) is 11.4 Å². The number of rotatable bonds is 6. The Morgan fingerprint density at radius 2 is 1.91 bits per heavy atom. The van der Waals surface area contributed by atoms with Crippen LogP contribution >= 0.6 is 46.6 Å². The van der Waals surface area contributed by atoms with Crippen LogP contribution in [0, 0.1) is 21.8 Å². The van der Waals surface area contributed by atoms with E-state index in [1.54, 1.807) is 18.1 Å². The number of carbonyl (C=O) groups is 1. The van der Waals surface area contributed by atoms with E-state index in [0.29, 0.717) is 26.3 Å². The van der Waals surface area contributed by atoms with Crippen molar-refractivity contribution in [1.82, 2.24) is 0 Å². The maximum absolute atomic E-state index is 13.1. The third-order valence-corrected chi connectivity index (χ3v) is 7.25. The maximum atomic E-state index is 13.1. The second kappa shape index (κ2) is 10.6. The molecule has 1 aliphatic rings. The molecule has 1 heterocycles. The number of hydrogen-bond acceptors (Lipinski definition) is 6. The molecule has 1 aliphatic heterocycles. The maximum Gasteiger partial charge on any atom is 0.270 e. The quantitative estimate of drug-likeness (QED) is 0.184. The molecule has 0 unspecified atom stereocenters. The minimum atomic E-state index is -0.152. The summed E-state index contributed by atoms with van der Waals surface area (Å²) in [6.45, 7) is 2.24. The predicted molar refractivity (Wildman–Crippen MR) is 148 cm³/mol. The molecule has 0 spiro atoms. The molecule has 0 N–H and O–H groups in total. The molecule has 8 heteroatoms. The lowest BCUT2D eigenvalue weighted by Gasteiger charge is -2.15.